The number of anilines is 1. The number of aliphatic hydroxyl groups is 1. The zero-order valence-corrected chi connectivity index (χ0v) is 22.9. The van der Waals surface area contributed by atoms with Gasteiger partial charge in [0.25, 0.3) is 0 Å². The van der Waals surface area contributed by atoms with Gasteiger partial charge in [-0.15, -0.1) is 11.3 Å². The van der Waals surface area contributed by atoms with E-state index >= 15 is 0 Å². The summed E-state index contributed by atoms with van der Waals surface area (Å²) in [5.74, 6) is 2.47. The van der Waals surface area contributed by atoms with E-state index in [4.69, 9.17) is 19.2 Å². The molecule has 3 aromatic rings. The van der Waals surface area contributed by atoms with Crippen LogP contribution in [0.3, 0.4) is 0 Å². The standard InChI is InChI=1S/C30H32N4O5S/c35-26-14-37-23-11-8-19(13-21(23)31-26)28-27(29-32-22(15-40-29)18-4-2-1-3-5-18)20(33-30(36)34-28)9-6-17-7-10-24-25(12-17)39-16-38-24/h7-8,10-13,15,18,26-28,31,35H,1-6,9,14,16H2,(H,34,36). The molecule has 1 aliphatic carbocycles. The van der Waals surface area contributed by atoms with Gasteiger partial charge < -0.3 is 30.0 Å². The molecule has 0 bridgehead atoms. The molecule has 3 atom stereocenters. The summed E-state index contributed by atoms with van der Waals surface area (Å²) in [5.41, 5.74) is 4.69. The van der Waals surface area contributed by atoms with Crippen molar-refractivity contribution in [2.24, 2.45) is 4.99 Å². The van der Waals surface area contributed by atoms with Crippen molar-refractivity contribution in [3.05, 3.63) is 63.6 Å². The summed E-state index contributed by atoms with van der Waals surface area (Å²) >= 11 is 1.66. The number of aryl methyl sites for hydroxylation is 1. The number of carbonyl (C=O) groups is 1. The summed E-state index contributed by atoms with van der Waals surface area (Å²) in [7, 11) is 0. The number of nitrogens with one attached hydrogen (secondary N) is 2. The molecule has 3 unspecified atom stereocenters. The van der Waals surface area contributed by atoms with Gasteiger partial charge in [0.1, 0.15) is 17.4 Å². The summed E-state index contributed by atoms with van der Waals surface area (Å²) in [6, 6.07) is 11.1. The lowest BCUT2D eigenvalue weighted by Gasteiger charge is -2.32. The first-order valence-electron chi connectivity index (χ1n) is 14.0. The lowest BCUT2D eigenvalue weighted by atomic mass is 9.85. The van der Waals surface area contributed by atoms with E-state index in [1.165, 1.54) is 32.1 Å². The maximum absolute atomic E-state index is 13.0. The van der Waals surface area contributed by atoms with Crippen molar-refractivity contribution in [3.63, 3.8) is 0 Å². The van der Waals surface area contributed by atoms with E-state index in [0.717, 1.165) is 39.0 Å². The Bertz CT molecular complexity index is 1450. The first kappa shape index (κ1) is 25.3. The summed E-state index contributed by atoms with van der Waals surface area (Å²) in [5, 5.41) is 19.5. The largest absolute Gasteiger partial charge is 0.487 e. The molecule has 1 saturated carbocycles. The highest BCUT2D eigenvalue weighted by Crippen LogP contribution is 2.42. The Labute approximate surface area is 236 Å². The number of nitrogens with zero attached hydrogens (tertiary/aromatic N) is 2. The predicted molar refractivity (Wildman–Crippen MR) is 152 cm³/mol. The molecule has 10 heteroatoms. The number of fused-ring (bicyclic) bond motifs is 2. The van der Waals surface area contributed by atoms with Gasteiger partial charge in [0.2, 0.25) is 6.79 Å². The minimum Gasteiger partial charge on any atom is -0.487 e. The van der Waals surface area contributed by atoms with Crippen LogP contribution in [0, 0.1) is 0 Å². The fourth-order valence-corrected chi connectivity index (χ4v) is 7.24. The molecule has 208 valence electrons. The van der Waals surface area contributed by atoms with Gasteiger partial charge in [-0.05, 0) is 61.1 Å². The van der Waals surface area contributed by atoms with Gasteiger partial charge in [0.05, 0.1) is 23.3 Å². The number of hydrogen-bond donors (Lipinski definition) is 3. The van der Waals surface area contributed by atoms with Crippen LogP contribution in [0.5, 0.6) is 17.2 Å². The molecule has 1 fully saturated rings. The van der Waals surface area contributed by atoms with Gasteiger partial charge in [-0.25, -0.2) is 14.8 Å². The zero-order chi connectivity index (χ0) is 27.1. The van der Waals surface area contributed by atoms with Crippen molar-refractivity contribution in [1.82, 2.24) is 10.3 Å². The van der Waals surface area contributed by atoms with Gasteiger partial charge in [0.15, 0.2) is 17.7 Å². The van der Waals surface area contributed by atoms with Crippen LogP contribution in [0.15, 0.2) is 46.8 Å². The number of ether oxygens (including phenoxy) is 3. The average molecular weight is 561 g/mol. The number of urea groups is 1. The number of aromatic nitrogens is 1. The number of thiazole rings is 1. The number of carbonyl (C=O) groups excluding carboxylic acids is 1. The fraction of sp³-hybridized carbons (Fsp3) is 0.433. The maximum Gasteiger partial charge on any atom is 0.341 e. The molecule has 2 aromatic carbocycles. The Morgan fingerprint density at radius 1 is 0.950 bits per heavy atom. The summed E-state index contributed by atoms with van der Waals surface area (Å²) in [4.78, 5) is 22.7. The second kappa shape index (κ2) is 10.7. The number of aliphatic hydroxyl groups excluding tert-OH is 1. The maximum atomic E-state index is 13.0. The fourth-order valence-electron chi connectivity index (χ4n) is 6.18. The van der Waals surface area contributed by atoms with E-state index < -0.39 is 6.23 Å². The molecule has 0 radical (unpaired) electrons. The molecule has 2 amide bonds. The Morgan fingerprint density at radius 2 is 1.80 bits per heavy atom. The minimum atomic E-state index is -0.782. The third kappa shape index (κ3) is 5.01. The molecule has 3 N–H and O–H groups in total. The van der Waals surface area contributed by atoms with Crippen molar-refractivity contribution in [2.45, 2.75) is 69.1 Å². The molecule has 4 heterocycles. The lowest BCUT2D eigenvalue weighted by Crippen LogP contribution is -2.40. The van der Waals surface area contributed by atoms with Crippen molar-refractivity contribution in [1.29, 1.82) is 0 Å². The van der Waals surface area contributed by atoms with Gasteiger partial charge in [-0.2, -0.15) is 0 Å². The summed E-state index contributed by atoms with van der Waals surface area (Å²) in [6.07, 6.45) is 6.68. The van der Waals surface area contributed by atoms with Crippen molar-refractivity contribution in [2.75, 3.05) is 18.7 Å². The highest BCUT2D eigenvalue weighted by atomic mass is 32.1. The number of benzene rings is 2. The minimum absolute atomic E-state index is 0.189. The first-order valence-corrected chi connectivity index (χ1v) is 14.9. The quantitative estimate of drug-likeness (QED) is 0.356. The van der Waals surface area contributed by atoms with Gasteiger partial charge in [-0.1, -0.05) is 31.4 Å². The third-order valence-electron chi connectivity index (χ3n) is 8.23. The van der Waals surface area contributed by atoms with Crippen molar-refractivity contribution >= 4 is 28.8 Å². The average Bonchev–Trinajstić information content (AvgIpc) is 3.66. The predicted octanol–water partition coefficient (Wildman–Crippen LogP) is 5.66. The lowest BCUT2D eigenvalue weighted by molar-refractivity contribution is 0.119. The number of amides is 2. The van der Waals surface area contributed by atoms with Crippen LogP contribution in [-0.4, -0.2) is 41.5 Å². The molecule has 9 nitrogen and oxygen atoms in total. The second-order valence-corrected chi connectivity index (χ2v) is 11.8. The Kier molecular flexibility index (Phi) is 6.81. The molecule has 40 heavy (non-hydrogen) atoms. The smallest absolute Gasteiger partial charge is 0.341 e. The molecule has 1 aromatic heterocycles. The summed E-state index contributed by atoms with van der Waals surface area (Å²) in [6.45, 7) is 0.426. The van der Waals surface area contributed by atoms with Crippen LogP contribution < -0.4 is 24.8 Å². The number of rotatable bonds is 6. The molecule has 0 saturated heterocycles. The van der Waals surface area contributed by atoms with Crippen LogP contribution in [0.2, 0.25) is 0 Å². The topological polar surface area (TPSA) is 114 Å². The Morgan fingerprint density at radius 3 is 2.70 bits per heavy atom. The van der Waals surface area contributed by atoms with Crippen LogP contribution in [-0.2, 0) is 6.42 Å². The zero-order valence-electron chi connectivity index (χ0n) is 22.1. The molecular weight excluding hydrogens is 528 g/mol. The second-order valence-electron chi connectivity index (χ2n) is 10.9. The van der Waals surface area contributed by atoms with E-state index in [-0.39, 0.29) is 31.4 Å². The summed E-state index contributed by atoms with van der Waals surface area (Å²) < 4.78 is 16.7. The van der Waals surface area contributed by atoms with E-state index in [0.29, 0.717) is 30.2 Å². The van der Waals surface area contributed by atoms with E-state index in [2.05, 4.69) is 21.0 Å². The van der Waals surface area contributed by atoms with Crippen LogP contribution in [0.25, 0.3) is 0 Å². The molecule has 0 spiro atoms. The molecule has 3 aliphatic heterocycles. The highest BCUT2D eigenvalue weighted by molar-refractivity contribution is 7.09. The van der Waals surface area contributed by atoms with Crippen LogP contribution >= 0.6 is 11.3 Å². The van der Waals surface area contributed by atoms with Gasteiger partial charge in [0, 0.05) is 17.0 Å². The van der Waals surface area contributed by atoms with Gasteiger partial charge >= 0.3 is 6.03 Å². The monoisotopic (exact) mass is 560 g/mol. The van der Waals surface area contributed by atoms with Crippen molar-refractivity contribution < 1.29 is 24.1 Å². The first-order chi connectivity index (χ1) is 19.6. The molecule has 4 aliphatic rings. The third-order valence-corrected chi connectivity index (χ3v) is 9.18. The van der Waals surface area contributed by atoms with Gasteiger partial charge in [-0.3, -0.25) is 0 Å². The molecule has 7 rings (SSSR count). The normalized spacial score (nSPS) is 24.0. The SMILES string of the molecule is O=C1N=C(CCc2ccc3c(c2)OCO3)C(c2nc(C3CCCCC3)cs2)C(c2ccc3c(c2)NC(O)CO3)N1. The van der Waals surface area contributed by atoms with Crippen molar-refractivity contribution in [3.8, 4) is 17.2 Å². The number of aliphatic imine (C=N–C) groups is 1. The number of hydrogen-bond acceptors (Lipinski definition) is 8. The van der Waals surface area contributed by atoms with Crippen LogP contribution in [0.4, 0.5) is 10.5 Å². The van der Waals surface area contributed by atoms with E-state index in [9.17, 15) is 9.90 Å². The molecular formula is C30H32N4O5S. The Hall–Kier alpha value is -3.63. The Balaban J connectivity index is 1.22. The van der Waals surface area contributed by atoms with Crippen LogP contribution in [0.1, 0.15) is 78.2 Å². The van der Waals surface area contributed by atoms with E-state index in [1.807, 2.05) is 36.4 Å². The highest BCUT2D eigenvalue weighted by Gasteiger charge is 2.37. The van der Waals surface area contributed by atoms with E-state index in [1.54, 1.807) is 11.3 Å².